The Labute approximate surface area is 110 Å². The van der Waals surface area contributed by atoms with Crippen molar-refractivity contribution in [2.24, 2.45) is 5.92 Å². The zero-order valence-electron chi connectivity index (χ0n) is 11.3. The monoisotopic (exact) mass is 248 g/mol. The van der Waals surface area contributed by atoms with Gasteiger partial charge in [0.05, 0.1) is 6.10 Å². The molecule has 0 radical (unpaired) electrons. The maximum atomic E-state index is 10.3. The van der Waals surface area contributed by atoms with E-state index < -0.39 is 6.10 Å². The van der Waals surface area contributed by atoms with Crippen molar-refractivity contribution >= 4 is 5.69 Å². The molecule has 3 atom stereocenters. The third-order valence-corrected chi connectivity index (χ3v) is 4.00. The van der Waals surface area contributed by atoms with Crippen LogP contribution in [0.15, 0.2) is 24.3 Å². The SMILES string of the molecule is CC1CCN(CC(O)c2ccc(N)cc2)C(C)C1. The van der Waals surface area contributed by atoms with E-state index in [9.17, 15) is 5.11 Å². The van der Waals surface area contributed by atoms with E-state index in [1.807, 2.05) is 24.3 Å². The first kappa shape index (κ1) is 13.4. The van der Waals surface area contributed by atoms with E-state index in [2.05, 4.69) is 18.7 Å². The molecular formula is C15H24N2O. The molecule has 0 bridgehead atoms. The van der Waals surface area contributed by atoms with Crippen LogP contribution in [0.1, 0.15) is 38.4 Å². The quantitative estimate of drug-likeness (QED) is 0.808. The summed E-state index contributed by atoms with van der Waals surface area (Å²) in [6.45, 7) is 6.38. The molecule has 0 aromatic heterocycles. The molecule has 3 N–H and O–H groups in total. The second kappa shape index (κ2) is 5.72. The molecule has 1 aromatic rings. The van der Waals surface area contributed by atoms with Crippen molar-refractivity contribution in [3.63, 3.8) is 0 Å². The number of nitrogens with two attached hydrogens (primary N) is 1. The van der Waals surface area contributed by atoms with Crippen LogP contribution in [-0.2, 0) is 0 Å². The zero-order valence-corrected chi connectivity index (χ0v) is 11.3. The van der Waals surface area contributed by atoms with Gasteiger partial charge in [-0.15, -0.1) is 0 Å². The number of piperidine rings is 1. The number of β-amino-alcohol motifs (C(OH)–C–C–N with tert-alkyl or cyclic N) is 1. The Kier molecular flexibility index (Phi) is 4.25. The Morgan fingerprint density at radius 1 is 1.33 bits per heavy atom. The lowest BCUT2D eigenvalue weighted by molar-refractivity contribution is 0.0601. The second-order valence-electron chi connectivity index (χ2n) is 5.66. The summed E-state index contributed by atoms with van der Waals surface area (Å²) in [5.74, 6) is 0.810. The highest BCUT2D eigenvalue weighted by atomic mass is 16.3. The van der Waals surface area contributed by atoms with Gasteiger partial charge in [0.25, 0.3) is 0 Å². The number of benzene rings is 1. The van der Waals surface area contributed by atoms with Gasteiger partial charge in [0.2, 0.25) is 0 Å². The van der Waals surface area contributed by atoms with E-state index in [0.29, 0.717) is 6.04 Å². The highest BCUT2D eigenvalue weighted by Crippen LogP contribution is 2.25. The van der Waals surface area contributed by atoms with Crippen molar-refractivity contribution in [2.75, 3.05) is 18.8 Å². The van der Waals surface area contributed by atoms with E-state index in [1.54, 1.807) is 0 Å². The summed E-state index contributed by atoms with van der Waals surface area (Å²) in [6, 6.07) is 8.09. The van der Waals surface area contributed by atoms with E-state index in [0.717, 1.165) is 30.3 Å². The summed E-state index contributed by atoms with van der Waals surface area (Å²) in [4.78, 5) is 2.39. The predicted molar refractivity (Wildman–Crippen MR) is 75.2 cm³/mol. The maximum absolute atomic E-state index is 10.3. The van der Waals surface area contributed by atoms with Gasteiger partial charge in [-0.25, -0.2) is 0 Å². The third-order valence-electron chi connectivity index (χ3n) is 4.00. The van der Waals surface area contributed by atoms with Crippen molar-refractivity contribution in [1.29, 1.82) is 0 Å². The number of anilines is 1. The molecule has 3 nitrogen and oxygen atoms in total. The number of likely N-dealkylation sites (tertiary alicyclic amines) is 1. The van der Waals surface area contributed by atoms with Gasteiger partial charge in [-0.2, -0.15) is 0 Å². The zero-order chi connectivity index (χ0) is 13.1. The van der Waals surface area contributed by atoms with Gasteiger partial charge in [-0.05, 0) is 49.9 Å². The molecule has 0 amide bonds. The van der Waals surface area contributed by atoms with Crippen LogP contribution in [0, 0.1) is 5.92 Å². The average Bonchev–Trinajstić information content (AvgIpc) is 2.33. The number of aliphatic hydroxyl groups excluding tert-OH is 1. The van der Waals surface area contributed by atoms with Crippen molar-refractivity contribution in [3.05, 3.63) is 29.8 Å². The van der Waals surface area contributed by atoms with Gasteiger partial charge in [0.15, 0.2) is 0 Å². The van der Waals surface area contributed by atoms with Gasteiger partial charge in [0.1, 0.15) is 0 Å². The lowest BCUT2D eigenvalue weighted by atomic mass is 9.93. The van der Waals surface area contributed by atoms with Crippen LogP contribution in [0.3, 0.4) is 0 Å². The molecule has 3 heteroatoms. The third kappa shape index (κ3) is 3.24. The number of hydrogen-bond acceptors (Lipinski definition) is 3. The first-order chi connectivity index (χ1) is 8.56. The fraction of sp³-hybridized carbons (Fsp3) is 0.600. The molecule has 1 fully saturated rings. The van der Waals surface area contributed by atoms with Crippen LogP contribution in [0.5, 0.6) is 0 Å². The first-order valence-corrected chi connectivity index (χ1v) is 6.84. The van der Waals surface area contributed by atoms with Gasteiger partial charge >= 0.3 is 0 Å². The van der Waals surface area contributed by atoms with Gasteiger partial charge in [-0.1, -0.05) is 19.1 Å². The molecule has 0 spiro atoms. The smallest absolute Gasteiger partial charge is 0.0917 e. The van der Waals surface area contributed by atoms with E-state index >= 15 is 0 Å². The Hall–Kier alpha value is -1.06. The van der Waals surface area contributed by atoms with Crippen LogP contribution < -0.4 is 5.73 Å². The molecule has 1 saturated heterocycles. The molecule has 0 saturated carbocycles. The summed E-state index contributed by atoms with van der Waals surface area (Å²) in [6.07, 6.45) is 2.05. The minimum atomic E-state index is -0.415. The van der Waals surface area contributed by atoms with Crippen LogP contribution >= 0.6 is 0 Å². The highest BCUT2D eigenvalue weighted by Gasteiger charge is 2.24. The molecule has 1 aromatic carbocycles. The maximum Gasteiger partial charge on any atom is 0.0917 e. The van der Waals surface area contributed by atoms with Crippen molar-refractivity contribution in [1.82, 2.24) is 4.90 Å². The van der Waals surface area contributed by atoms with Crippen molar-refractivity contribution in [2.45, 2.75) is 38.8 Å². The standard InChI is InChI=1S/C15H24N2O/c1-11-7-8-17(12(2)9-11)10-15(18)13-3-5-14(16)6-4-13/h3-6,11-12,15,18H,7-10,16H2,1-2H3. The lowest BCUT2D eigenvalue weighted by Crippen LogP contribution is -2.42. The molecule has 18 heavy (non-hydrogen) atoms. The van der Waals surface area contributed by atoms with Crippen LogP contribution in [0.4, 0.5) is 5.69 Å². The van der Waals surface area contributed by atoms with E-state index in [-0.39, 0.29) is 0 Å². The fourth-order valence-electron chi connectivity index (χ4n) is 2.77. The Morgan fingerprint density at radius 2 is 2.00 bits per heavy atom. The van der Waals surface area contributed by atoms with Crippen molar-refractivity contribution in [3.8, 4) is 0 Å². The number of nitrogens with zero attached hydrogens (tertiary/aromatic N) is 1. The van der Waals surface area contributed by atoms with Crippen LogP contribution in [0.2, 0.25) is 0 Å². The number of aliphatic hydroxyl groups is 1. The summed E-state index contributed by atoms with van der Waals surface area (Å²) >= 11 is 0. The topological polar surface area (TPSA) is 49.5 Å². The molecule has 0 aliphatic carbocycles. The molecule has 1 heterocycles. The number of nitrogen functional groups attached to an aromatic ring is 1. The minimum absolute atomic E-state index is 0.415. The average molecular weight is 248 g/mol. The van der Waals surface area contributed by atoms with Gasteiger partial charge in [0, 0.05) is 18.3 Å². The van der Waals surface area contributed by atoms with Crippen molar-refractivity contribution < 1.29 is 5.11 Å². The fourth-order valence-corrected chi connectivity index (χ4v) is 2.77. The first-order valence-electron chi connectivity index (χ1n) is 6.84. The van der Waals surface area contributed by atoms with Crippen LogP contribution in [0.25, 0.3) is 0 Å². The summed E-state index contributed by atoms with van der Waals surface area (Å²) in [5, 5.41) is 10.3. The summed E-state index contributed by atoms with van der Waals surface area (Å²) < 4.78 is 0. The molecule has 2 rings (SSSR count). The van der Waals surface area contributed by atoms with Gasteiger partial charge < -0.3 is 10.8 Å². The Morgan fingerprint density at radius 3 is 2.61 bits per heavy atom. The normalized spacial score (nSPS) is 27.1. The van der Waals surface area contributed by atoms with E-state index in [1.165, 1.54) is 12.8 Å². The predicted octanol–water partition coefficient (Wildman–Crippen LogP) is 2.42. The molecule has 100 valence electrons. The Balaban J connectivity index is 1.94. The summed E-state index contributed by atoms with van der Waals surface area (Å²) in [7, 11) is 0. The number of rotatable bonds is 3. The number of hydrogen-bond donors (Lipinski definition) is 2. The van der Waals surface area contributed by atoms with Crippen LogP contribution in [-0.4, -0.2) is 29.1 Å². The molecule has 3 unspecified atom stereocenters. The Bertz CT molecular complexity index is 377. The minimum Gasteiger partial charge on any atom is -0.399 e. The molecular weight excluding hydrogens is 224 g/mol. The van der Waals surface area contributed by atoms with E-state index in [4.69, 9.17) is 5.73 Å². The summed E-state index contributed by atoms with van der Waals surface area (Å²) in [5.41, 5.74) is 7.35. The molecule has 1 aliphatic heterocycles. The second-order valence-corrected chi connectivity index (χ2v) is 5.66. The molecule has 1 aliphatic rings. The largest absolute Gasteiger partial charge is 0.399 e. The lowest BCUT2D eigenvalue weighted by Gasteiger charge is -2.37. The van der Waals surface area contributed by atoms with Gasteiger partial charge in [-0.3, -0.25) is 4.90 Å². The highest BCUT2D eigenvalue weighted by molar-refractivity contribution is 5.39.